The van der Waals surface area contributed by atoms with Crippen LogP contribution in [0.5, 0.6) is 0 Å². The van der Waals surface area contributed by atoms with Crippen molar-refractivity contribution in [3.63, 3.8) is 0 Å². The van der Waals surface area contributed by atoms with E-state index in [1.807, 2.05) is 0 Å². The van der Waals surface area contributed by atoms with Crippen molar-refractivity contribution < 1.29 is 19.2 Å². The molecule has 2 rings (SSSR count). The molecule has 0 bridgehead atoms. The molecule has 0 saturated carbocycles. The van der Waals surface area contributed by atoms with E-state index >= 15 is 0 Å². The van der Waals surface area contributed by atoms with Crippen molar-refractivity contribution in [1.29, 1.82) is 0 Å². The maximum absolute atomic E-state index is 13.3. The number of halogens is 1. The first-order valence-electron chi connectivity index (χ1n) is 6.76. The van der Waals surface area contributed by atoms with E-state index in [-0.39, 0.29) is 5.56 Å². The molecule has 0 radical (unpaired) electrons. The summed E-state index contributed by atoms with van der Waals surface area (Å²) in [5, 5.41) is 21.0. The number of carbonyl (C=O) groups excluding carboxylic acids is 1. The summed E-state index contributed by atoms with van der Waals surface area (Å²) in [6.45, 7) is 2.38. The monoisotopic (exact) mass is 296 g/mol. The topological polar surface area (TPSA) is 83.7 Å². The molecule has 1 unspecified atom stereocenters. The maximum atomic E-state index is 13.3. The first kappa shape index (κ1) is 15.4. The molecule has 0 aromatic heterocycles. The van der Waals surface area contributed by atoms with Gasteiger partial charge >= 0.3 is 0 Å². The summed E-state index contributed by atoms with van der Waals surface area (Å²) in [5.74, 6) is -1.26. The molecule has 1 N–H and O–H groups in total. The lowest BCUT2D eigenvalue weighted by Crippen LogP contribution is -2.34. The van der Waals surface area contributed by atoms with Crippen molar-refractivity contribution in [2.75, 3.05) is 13.1 Å². The highest BCUT2D eigenvalue weighted by Gasteiger charge is 2.30. The maximum Gasteiger partial charge on any atom is 0.282 e. The summed E-state index contributed by atoms with van der Waals surface area (Å²) in [4.78, 5) is 24.1. The number of hydrogen-bond acceptors (Lipinski definition) is 4. The highest BCUT2D eigenvalue weighted by Crippen LogP contribution is 2.25. The minimum absolute atomic E-state index is 0.249. The van der Waals surface area contributed by atoms with Gasteiger partial charge in [0.2, 0.25) is 0 Å². The van der Waals surface area contributed by atoms with E-state index in [1.165, 1.54) is 4.90 Å². The van der Waals surface area contributed by atoms with Crippen molar-refractivity contribution in [3.05, 3.63) is 39.7 Å². The fourth-order valence-electron chi connectivity index (χ4n) is 2.48. The predicted octanol–water partition coefficient (Wildman–Crippen LogP) is 2.11. The van der Waals surface area contributed by atoms with Crippen molar-refractivity contribution in [2.24, 2.45) is 0 Å². The molecule has 1 fully saturated rings. The largest absolute Gasteiger partial charge is 0.390 e. The summed E-state index contributed by atoms with van der Waals surface area (Å²) >= 11 is 0. The first-order valence-corrected chi connectivity index (χ1v) is 6.76. The van der Waals surface area contributed by atoms with Crippen LogP contribution >= 0.6 is 0 Å². The Labute approximate surface area is 121 Å². The number of benzene rings is 1. The molecular formula is C14H17FN2O4. The number of nitrogens with zero attached hydrogens (tertiary/aromatic N) is 2. The number of carbonyl (C=O) groups is 1. The number of aliphatic hydroxyl groups is 1. The van der Waals surface area contributed by atoms with E-state index in [1.54, 1.807) is 6.92 Å². The van der Waals surface area contributed by atoms with Gasteiger partial charge in [0.05, 0.1) is 10.5 Å². The highest BCUT2D eigenvalue weighted by atomic mass is 19.1. The number of nitro benzene ring substituents is 1. The minimum atomic E-state index is -0.844. The van der Waals surface area contributed by atoms with Crippen molar-refractivity contribution in [2.45, 2.75) is 31.8 Å². The quantitative estimate of drug-likeness (QED) is 0.669. The molecule has 7 heteroatoms. The standard InChI is InChI=1S/C14H17FN2O4/c1-14(19)5-2-7-16(8-6-14)13(18)11-9-10(15)3-4-12(11)17(20)21/h3-4,9,19H,2,5-8H2,1H3. The molecular weight excluding hydrogens is 279 g/mol. The molecule has 21 heavy (non-hydrogen) atoms. The normalized spacial score (nSPS) is 22.7. The Morgan fingerprint density at radius 2 is 2.14 bits per heavy atom. The zero-order valence-electron chi connectivity index (χ0n) is 11.7. The third-order valence-electron chi connectivity index (χ3n) is 3.74. The summed E-state index contributed by atoms with van der Waals surface area (Å²) in [5.41, 5.74) is -1.50. The molecule has 1 heterocycles. The number of rotatable bonds is 2. The van der Waals surface area contributed by atoms with Crippen LogP contribution in [0.15, 0.2) is 18.2 Å². The van der Waals surface area contributed by atoms with Crippen molar-refractivity contribution in [3.8, 4) is 0 Å². The van der Waals surface area contributed by atoms with Crippen molar-refractivity contribution >= 4 is 11.6 Å². The van der Waals surface area contributed by atoms with Crippen LogP contribution in [0, 0.1) is 15.9 Å². The molecule has 1 aromatic carbocycles. The number of amides is 1. The van der Waals surface area contributed by atoms with Gasteiger partial charge in [-0.2, -0.15) is 0 Å². The van der Waals surface area contributed by atoms with Crippen LogP contribution in [0.2, 0.25) is 0 Å². The van der Waals surface area contributed by atoms with Gasteiger partial charge in [-0.25, -0.2) is 4.39 Å². The Morgan fingerprint density at radius 3 is 2.81 bits per heavy atom. The van der Waals surface area contributed by atoms with E-state index < -0.39 is 27.9 Å². The van der Waals surface area contributed by atoms with Gasteiger partial charge < -0.3 is 10.0 Å². The van der Waals surface area contributed by atoms with Gasteiger partial charge in [0.15, 0.2) is 0 Å². The van der Waals surface area contributed by atoms with Crippen molar-refractivity contribution in [1.82, 2.24) is 4.90 Å². The summed E-state index contributed by atoms with van der Waals surface area (Å²) in [6, 6.07) is 2.85. The third kappa shape index (κ3) is 3.55. The molecule has 114 valence electrons. The van der Waals surface area contributed by atoms with Crippen LogP contribution in [-0.4, -0.2) is 39.5 Å². The van der Waals surface area contributed by atoms with Crippen LogP contribution in [0.1, 0.15) is 36.5 Å². The Morgan fingerprint density at radius 1 is 1.43 bits per heavy atom. The second-order valence-electron chi connectivity index (χ2n) is 5.56. The van der Waals surface area contributed by atoms with E-state index in [4.69, 9.17) is 0 Å². The summed E-state index contributed by atoms with van der Waals surface area (Å²) in [6.07, 6.45) is 1.55. The Balaban J connectivity index is 2.27. The summed E-state index contributed by atoms with van der Waals surface area (Å²) in [7, 11) is 0. The molecule has 0 aliphatic carbocycles. The zero-order valence-corrected chi connectivity index (χ0v) is 11.7. The Kier molecular flexibility index (Phi) is 4.22. The van der Waals surface area contributed by atoms with Crippen LogP contribution in [0.3, 0.4) is 0 Å². The smallest absolute Gasteiger partial charge is 0.282 e. The van der Waals surface area contributed by atoms with E-state index in [0.29, 0.717) is 32.4 Å². The summed E-state index contributed by atoms with van der Waals surface area (Å²) < 4.78 is 13.3. The second kappa shape index (κ2) is 5.77. The molecule has 1 aromatic rings. The van der Waals surface area contributed by atoms with Gasteiger partial charge in [0.1, 0.15) is 11.4 Å². The lowest BCUT2D eigenvalue weighted by molar-refractivity contribution is -0.385. The second-order valence-corrected chi connectivity index (χ2v) is 5.56. The lowest BCUT2D eigenvalue weighted by atomic mass is 9.98. The highest BCUT2D eigenvalue weighted by molar-refractivity contribution is 5.98. The van der Waals surface area contributed by atoms with Gasteiger partial charge in [-0.05, 0) is 38.3 Å². The van der Waals surface area contributed by atoms with Crippen LogP contribution < -0.4 is 0 Å². The number of hydrogen-bond donors (Lipinski definition) is 1. The SMILES string of the molecule is CC1(O)CCCN(C(=O)c2cc(F)ccc2[N+](=O)[O-])CC1. The fourth-order valence-corrected chi connectivity index (χ4v) is 2.48. The molecule has 6 nitrogen and oxygen atoms in total. The van der Waals surface area contributed by atoms with E-state index in [0.717, 1.165) is 18.2 Å². The average Bonchev–Trinajstić information content (AvgIpc) is 2.58. The molecule has 1 aliphatic heterocycles. The molecule has 1 atom stereocenters. The molecule has 1 aliphatic rings. The Hall–Kier alpha value is -2.02. The van der Waals surface area contributed by atoms with Gasteiger partial charge in [0.25, 0.3) is 11.6 Å². The van der Waals surface area contributed by atoms with E-state index in [9.17, 15) is 24.4 Å². The Bertz CT molecular complexity index is 574. The molecule has 1 saturated heterocycles. The predicted molar refractivity (Wildman–Crippen MR) is 73.4 cm³/mol. The van der Waals surface area contributed by atoms with Crippen LogP contribution in [0.4, 0.5) is 10.1 Å². The van der Waals surface area contributed by atoms with Crippen LogP contribution in [0.25, 0.3) is 0 Å². The minimum Gasteiger partial charge on any atom is -0.390 e. The number of nitro groups is 1. The first-order chi connectivity index (χ1) is 9.80. The fraction of sp³-hybridized carbons (Fsp3) is 0.500. The van der Waals surface area contributed by atoms with Gasteiger partial charge in [-0.1, -0.05) is 0 Å². The van der Waals surface area contributed by atoms with Gasteiger partial charge in [0, 0.05) is 19.2 Å². The molecule has 0 spiro atoms. The average molecular weight is 296 g/mol. The van der Waals surface area contributed by atoms with Gasteiger partial charge in [-0.15, -0.1) is 0 Å². The third-order valence-corrected chi connectivity index (χ3v) is 3.74. The lowest BCUT2D eigenvalue weighted by Gasteiger charge is -2.22. The molecule has 1 amide bonds. The van der Waals surface area contributed by atoms with Gasteiger partial charge in [-0.3, -0.25) is 14.9 Å². The van der Waals surface area contributed by atoms with E-state index in [2.05, 4.69) is 0 Å². The van der Waals surface area contributed by atoms with Crippen LogP contribution in [-0.2, 0) is 0 Å². The number of likely N-dealkylation sites (tertiary alicyclic amines) is 1. The zero-order chi connectivity index (χ0) is 15.6.